The van der Waals surface area contributed by atoms with E-state index >= 15 is 0 Å². The summed E-state index contributed by atoms with van der Waals surface area (Å²) in [6.07, 6.45) is 1.30. The van der Waals surface area contributed by atoms with Crippen LogP contribution in [0, 0.1) is 11.3 Å². The van der Waals surface area contributed by atoms with Crippen molar-refractivity contribution in [1.29, 1.82) is 5.26 Å². The highest BCUT2D eigenvalue weighted by molar-refractivity contribution is 5.78. The first kappa shape index (κ1) is 15.2. The minimum absolute atomic E-state index is 0.0240. The number of rotatable bonds is 6. The first-order chi connectivity index (χ1) is 9.01. The van der Waals surface area contributed by atoms with Crippen molar-refractivity contribution < 1.29 is 4.79 Å². The summed E-state index contributed by atoms with van der Waals surface area (Å²) in [5.74, 6) is 0.0240. The Labute approximate surface area is 115 Å². The third kappa shape index (κ3) is 6.03. The van der Waals surface area contributed by atoms with Crippen molar-refractivity contribution in [1.82, 2.24) is 10.2 Å². The lowest BCUT2D eigenvalue weighted by molar-refractivity contribution is -0.121. The fraction of sp³-hybridized carbons (Fsp3) is 0.467. The van der Waals surface area contributed by atoms with Crippen molar-refractivity contribution in [2.24, 2.45) is 0 Å². The topological polar surface area (TPSA) is 56.1 Å². The second-order valence-electron chi connectivity index (χ2n) is 5.05. The van der Waals surface area contributed by atoms with E-state index in [2.05, 4.69) is 16.3 Å². The highest BCUT2D eigenvalue weighted by Gasteiger charge is 2.08. The van der Waals surface area contributed by atoms with Gasteiger partial charge in [0.05, 0.1) is 18.1 Å². The Morgan fingerprint density at radius 3 is 2.53 bits per heavy atom. The van der Waals surface area contributed by atoms with Crippen molar-refractivity contribution in [3.05, 3.63) is 35.4 Å². The molecule has 0 fully saturated rings. The summed E-state index contributed by atoms with van der Waals surface area (Å²) in [7, 11) is 4.04. The molecule has 1 unspecified atom stereocenters. The molecule has 0 bridgehead atoms. The number of benzene rings is 1. The Bertz CT molecular complexity index is 445. The molecule has 0 heterocycles. The van der Waals surface area contributed by atoms with Crippen molar-refractivity contribution in [3.8, 4) is 6.07 Å². The SMILES string of the molecule is CC(CCN(C)C)NC(=O)Cc1ccc(C#N)cc1. The fourth-order valence-corrected chi connectivity index (χ4v) is 1.73. The van der Waals surface area contributed by atoms with Gasteiger partial charge in [0.1, 0.15) is 0 Å². The Balaban J connectivity index is 2.40. The summed E-state index contributed by atoms with van der Waals surface area (Å²) in [5, 5.41) is 11.7. The van der Waals surface area contributed by atoms with Crippen molar-refractivity contribution in [3.63, 3.8) is 0 Å². The van der Waals surface area contributed by atoms with Gasteiger partial charge < -0.3 is 10.2 Å². The zero-order valence-electron chi connectivity index (χ0n) is 11.8. The molecular formula is C15H21N3O. The van der Waals surface area contributed by atoms with Crippen LogP contribution in [0.1, 0.15) is 24.5 Å². The molecule has 0 spiro atoms. The number of amides is 1. The van der Waals surface area contributed by atoms with Crippen LogP contribution in [0.3, 0.4) is 0 Å². The molecule has 0 saturated carbocycles. The van der Waals surface area contributed by atoms with Crippen LogP contribution >= 0.6 is 0 Å². The molecule has 0 aliphatic heterocycles. The quantitative estimate of drug-likeness (QED) is 0.843. The number of nitrogens with one attached hydrogen (secondary N) is 1. The molecule has 1 aromatic rings. The van der Waals surface area contributed by atoms with Crippen LogP contribution in [-0.2, 0) is 11.2 Å². The van der Waals surface area contributed by atoms with E-state index < -0.39 is 0 Å². The van der Waals surface area contributed by atoms with Crippen molar-refractivity contribution in [2.75, 3.05) is 20.6 Å². The average Bonchev–Trinajstić information content (AvgIpc) is 2.37. The van der Waals surface area contributed by atoms with E-state index in [0.717, 1.165) is 18.5 Å². The second kappa shape index (κ2) is 7.55. The van der Waals surface area contributed by atoms with Gasteiger partial charge in [-0.25, -0.2) is 0 Å². The van der Waals surface area contributed by atoms with Crippen LogP contribution in [-0.4, -0.2) is 37.5 Å². The smallest absolute Gasteiger partial charge is 0.224 e. The number of carbonyl (C=O) groups excluding carboxylic acids is 1. The fourth-order valence-electron chi connectivity index (χ4n) is 1.73. The summed E-state index contributed by atoms with van der Waals surface area (Å²) in [4.78, 5) is 13.9. The van der Waals surface area contributed by atoms with Gasteiger partial charge in [0.2, 0.25) is 5.91 Å². The number of nitrogens with zero attached hydrogens (tertiary/aromatic N) is 2. The molecule has 1 atom stereocenters. The van der Waals surface area contributed by atoms with E-state index in [9.17, 15) is 4.79 Å². The van der Waals surface area contributed by atoms with Gasteiger partial charge in [-0.3, -0.25) is 4.79 Å². The third-order valence-corrected chi connectivity index (χ3v) is 2.86. The number of carbonyl (C=O) groups is 1. The minimum Gasteiger partial charge on any atom is -0.353 e. The highest BCUT2D eigenvalue weighted by Crippen LogP contribution is 2.04. The molecule has 4 nitrogen and oxygen atoms in total. The molecule has 0 saturated heterocycles. The minimum atomic E-state index is 0.0240. The highest BCUT2D eigenvalue weighted by atomic mass is 16.1. The predicted octanol–water partition coefficient (Wildman–Crippen LogP) is 1.56. The van der Waals surface area contributed by atoms with Gasteiger partial charge in [0, 0.05) is 6.04 Å². The number of nitriles is 1. The summed E-state index contributed by atoms with van der Waals surface area (Å²) in [6.45, 7) is 2.97. The predicted molar refractivity (Wildman–Crippen MR) is 75.6 cm³/mol. The molecule has 102 valence electrons. The van der Waals surface area contributed by atoms with Crippen molar-refractivity contribution >= 4 is 5.91 Å². The maximum atomic E-state index is 11.8. The summed E-state index contributed by atoms with van der Waals surface area (Å²) >= 11 is 0. The maximum Gasteiger partial charge on any atom is 0.224 e. The molecule has 19 heavy (non-hydrogen) atoms. The normalized spacial score (nSPS) is 11.9. The van der Waals surface area contributed by atoms with Gasteiger partial charge in [-0.15, -0.1) is 0 Å². The Morgan fingerprint density at radius 1 is 1.37 bits per heavy atom. The largest absolute Gasteiger partial charge is 0.353 e. The third-order valence-electron chi connectivity index (χ3n) is 2.86. The van der Waals surface area contributed by atoms with E-state index in [1.54, 1.807) is 12.1 Å². The molecule has 1 N–H and O–H groups in total. The lowest BCUT2D eigenvalue weighted by atomic mass is 10.1. The second-order valence-corrected chi connectivity index (χ2v) is 5.05. The maximum absolute atomic E-state index is 11.8. The molecule has 4 heteroatoms. The molecular weight excluding hydrogens is 238 g/mol. The van der Waals surface area contributed by atoms with Gasteiger partial charge in [-0.1, -0.05) is 12.1 Å². The van der Waals surface area contributed by atoms with Crippen LogP contribution in [0.2, 0.25) is 0 Å². The van der Waals surface area contributed by atoms with E-state index in [-0.39, 0.29) is 11.9 Å². The van der Waals surface area contributed by atoms with Crippen LogP contribution in [0.5, 0.6) is 0 Å². The molecule has 1 amide bonds. The molecule has 0 radical (unpaired) electrons. The van der Waals surface area contributed by atoms with Crippen molar-refractivity contribution in [2.45, 2.75) is 25.8 Å². The molecule has 0 aliphatic carbocycles. The van der Waals surface area contributed by atoms with Gasteiger partial charge >= 0.3 is 0 Å². The Morgan fingerprint density at radius 2 is 2.00 bits per heavy atom. The standard InChI is InChI=1S/C15H21N3O/c1-12(8-9-18(2)3)17-15(19)10-13-4-6-14(11-16)7-5-13/h4-7,12H,8-10H2,1-3H3,(H,17,19). The molecule has 0 aromatic heterocycles. The summed E-state index contributed by atoms with van der Waals surface area (Å²) in [5.41, 5.74) is 1.54. The zero-order chi connectivity index (χ0) is 14.3. The summed E-state index contributed by atoms with van der Waals surface area (Å²) < 4.78 is 0. The lowest BCUT2D eigenvalue weighted by Crippen LogP contribution is -2.35. The molecule has 0 aliphatic rings. The van der Waals surface area contributed by atoms with Gasteiger partial charge in [0.25, 0.3) is 0 Å². The van der Waals surface area contributed by atoms with Gasteiger partial charge in [-0.2, -0.15) is 5.26 Å². The van der Waals surface area contributed by atoms with E-state index in [1.807, 2.05) is 33.2 Å². The van der Waals surface area contributed by atoms with Gasteiger partial charge in [-0.05, 0) is 51.7 Å². The number of hydrogen-bond acceptors (Lipinski definition) is 3. The van der Waals surface area contributed by atoms with Crippen LogP contribution in [0.15, 0.2) is 24.3 Å². The summed E-state index contributed by atoms with van der Waals surface area (Å²) in [6, 6.07) is 9.35. The number of hydrogen-bond donors (Lipinski definition) is 1. The molecule has 1 aromatic carbocycles. The lowest BCUT2D eigenvalue weighted by Gasteiger charge is -2.16. The zero-order valence-corrected chi connectivity index (χ0v) is 11.8. The van der Waals surface area contributed by atoms with Crippen LogP contribution < -0.4 is 5.32 Å². The first-order valence-corrected chi connectivity index (χ1v) is 6.44. The Hall–Kier alpha value is -1.86. The van der Waals surface area contributed by atoms with Gasteiger partial charge in [0.15, 0.2) is 0 Å². The van der Waals surface area contributed by atoms with Crippen LogP contribution in [0.25, 0.3) is 0 Å². The Kier molecular flexibility index (Phi) is 6.04. The monoisotopic (exact) mass is 259 g/mol. The van der Waals surface area contributed by atoms with E-state index in [0.29, 0.717) is 12.0 Å². The van der Waals surface area contributed by atoms with E-state index in [4.69, 9.17) is 5.26 Å². The van der Waals surface area contributed by atoms with E-state index in [1.165, 1.54) is 0 Å². The molecule has 1 rings (SSSR count). The average molecular weight is 259 g/mol. The first-order valence-electron chi connectivity index (χ1n) is 6.44. The van der Waals surface area contributed by atoms with Crippen LogP contribution in [0.4, 0.5) is 0 Å².